The second kappa shape index (κ2) is 9.17. The lowest BCUT2D eigenvalue weighted by Gasteiger charge is -2.16. The van der Waals surface area contributed by atoms with Crippen LogP contribution in [0.5, 0.6) is 5.75 Å². The molecule has 0 saturated carbocycles. The van der Waals surface area contributed by atoms with Crippen LogP contribution in [0.4, 0.5) is 8.78 Å². The Morgan fingerprint density at radius 3 is 2.52 bits per heavy atom. The maximum absolute atomic E-state index is 12.5. The number of halogens is 3. The summed E-state index contributed by atoms with van der Waals surface area (Å²) in [6, 6.07) is 15.1. The van der Waals surface area contributed by atoms with Gasteiger partial charge in [0, 0.05) is 5.25 Å². The fourth-order valence-electron chi connectivity index (χ4n) is 2.12. The van der Waals surface area contributed by atoms with Crippen molar-refractivity contribution in [2.75, 3.05) is 5.75 Å². The average Bonchev–Trinajstić information content (AvgIpc) is 2.57. The minimum absolute atomic E-state index is 0.0728. The molecular weight excluding hydrogens is 433 g/mol. The molecule has 0 saturated heterocycles. The smallest absolute Gasteiger partial charge is 0.420 e. The van der Waals surface area contributed by atoms with Crippen LogP contribution in [0.15, 0.2) is 53.0 Å². The predicted octanol–water partition coefficient (Wildman–Crippen LogP) is 6.27. The first-order chi connectivity index (χ1) is 11.8. The molecule has 8 heteroatoms. The van der Waals surface area contributed by atoms with Crippen LogP contribution in [0.3, 0.4) is 0 Å². The normalized spacial score (nSPS) is 15.0. The van der Waals surface area contributed by atoms with E-state index in [4.69, 9.17) is 4.89 Å². The van der Waals surface area contributed by atoms with E-state index in [0.717, 1.165) is 17.7 Å². The zero-order chi connectivity index (χ0) is 18.4. The third kappa shape index (κ3) is 6.10. The fraction of sp³-hybridized carbons (Fsp3) is 0.294. The summed E-state index contributed by atoms with van der Waals surface area (Å²) in [4.78, 5) is 9.13. The van der Waals surface area contributed by atoms with E-state index in [1.807, 2.05) is 25.1 Å². The first-order valence-electron chi connectivity index (χ1n) is 7.55. The van der Waals surface area contributed by atoms with E-state index < -0.39 is 13.8 Å². The highest BCUT2D eigenvalue weighted by Crippen LogP contribution is 2.50. The Balaban J connectivity index is 1.96. The highest BCUT2D eigenvalue weighted by Gasteiger charge is 2.34. The molecule has 0 radical (unpaired) electrons. The van der Waals surface area contributed by atoms with Crippen LogP contribution < -0.4 is 4.52 Å². The zero-order valence-electron chi connectivity index (χ0n) is 13.4. The van der Waals surface area contributed by atoms with Gasteiger partial charge in [0.15, 0.2) is 0 Å². The Bertz CT molecular complexity index is 746. The molecule has 2 rings (SSSR count). The van der Waals surface area contributed by atoms with Crippen LogP contribution >= 0.6 is 35.3 Å². The molecule has 0 bridgehead atoms. The van der Waals surface area contributed by atoms with Gasteiger partial charge in [0.05, 0.1) is 4.47 Å². The molecule has 2 unspecified atom stereocenters. The Morgan fingerprint density at radius 2 is 1.92 bits per heavy atom. The van der Waals surface area contributed by atoms with Crippen LogP contribution in [-0.2, 0) is 11.0 Å². The van der Waals surface area contributed by atoms with Crippen LogP contribution in [0, 0.1) is 0 Å². The van der Waals surface area contributed by atoms with Crippen molar-refractivity contribution in [3.8, 4) is 5.75 Å². The van der Waals surface area contributed by atoms with Crippen molar-refractivity contribution >= 4 is 35.3 Å². The molecule has 0 aliphatic rings. The van der Waals surface area contributed by atoms with Crippen molar-refractivity contribution in [2.45, 2.75) is 24.8 Å². The summed E-state index contributed by atoms with van der Waals surface area (Å²) in [6.07, 6.45) is -2.48. The van der Waals surface area contributed by atoms with Crippen LogP contribution in [0.25, 0.3) is 0 Å². The molecule has 0 fully saturated rings. The number of aryl methyl sites for hydroxylation is 1. The molecule has 0 heterocycles. The SMILES string of the molecule is CC(SCCc1ccccc1)c1ccc(OP(=O)(O)C(F)F)c(Br)c1. The lowest BCUT2D eigenvalue weighted by atomic mass is 10.1. The first-order valence-corrected chi connectivity index (χ1v) is 11.0. The molecule has 0 amide bonds. The number of hydrogen-bond acceptors (Lipinski definition) is 3. The van der Waals surface area contributed by atoms with Crippen molar-refractivity contribution in [1.29, 1.82) is 0 Å². The number of rotatable bonds is 8. The fourth-order valence-corrected chi connectivity index (χ4v) is 4.29. The third-order valence-corrected chi connectivity index (χ3v) is 6.29. The minimum Gasteiger partial charge on any atom is -0.420 e. The number of benzene rings is 2. The maximum Gasteiger partial charge on any atom is 0.442 e. The molecule has 3 nitrogen and oxygen atoms in total. The first kappa shape index (κ1) is 20.4. The second-order valence-electron chi connectivity index (χ2n) is 5.37. The summed E-state index contributed by atoms with van der Waals surface area (Å²) >= 11 is 4.98. The molecule has 2 atom stereocenters. The number of hydrogen-bond donors (Lipinski definition) is 1. The number of thioether (sulfide) groups is 1. The third-order valence-electron chi connectivity index (χ3n) is 3.50. The van der Waals surface area contributed by atoms with Crippen molar-refractivity contribution in [3.05, 3.63) is 64.1 Å². The van der Waals surface area contributed by atoms with E-state index in [1.165, 1.54) is 11.6 Å². The Hall–Kier alpha value is -0.880. The van der Waals surface area contributed by atoms with Gasteiger partial charge in [-0.2, -0.15) is 20.5 Å². The molecule has 0 aliphatic heterocycles. The molecular formula is C17H18BrF2O3PS. The van der Waals surface area contributed by atoms with Gasteiger partial charge in [-0.05, 0) is 58.3 Å². The summed E-state index contributed by atoms with van der Waals surface area (Å²) in [5.41, 5.74) is 2.25. The largest absolute Gasteiger partial charge is 0.442 e. The molecule has 0 spiro atoms. The highest BCUT2D eigenvalue weighted by molar-refractivity contribution is 9.10. The van der Waals surface area contributed by atoms with E-state index in [9.17, 15) is 13.3 Å². The molecule has 1 N–H and O–H groups in total. The summed E-state index contributed by atoms with van der Waals surface area (Å²) in [6.45, 7) is 2.05. The van der Waals surface area contributed by atoms with Crippen molar-refractivity contribution < 1.29 is 22.8 Å². The summed E-state index contributed by atoms with van der Waals surface area (Å²) in [5.74, 6) is 0.870. The number of alkyl halides is 2. The Kier molecular flexibility index (Phi) is 7.50. The Morgan fingerprint density at radius 1 is 1.24 bits per heavy atom. The van der Waals surface area contributed by atoms with Gasteiger partial charge in [-0.3, -0.25) is 0 Å². The minimum atomic E-state index is -4.97. The lowest BCUT2D eigenvalue weighted by molar-refractivity contribution is 0.188. The van der Waals surface area contributed by atoms with E-state index in [0.29, 0.717) is 4.47 Å². The molecule has 2 aromatic rings. The molecule has 0 aliphatic carbocycles. The lowest BCUT2D eigenvalue weighted by Crippen LogP contribution is -2.02. The molecule has 0 aromatic heterocycles. The van der Waals surface area contributed by atoms with Crippen molar-refractivity contribution in [1.82, 2.24) is 0 Å². The molecule has 25 heavy (non-hydrogen) atoms. The van der Waals surface area contributed by atoms with E-state index >= 15 is 0 Å². The standard InChI is InChI=1S/C17H18BrF2O3PS/c1-12(25-10-9-13-5-3-2-4-6-13)14-7-8-16(15(18)11-14)23-24(21,22)17(19)20/h2-8,11-12,17H,9-10H2,1H3,(H,21,22). The van der Waals surface area contributed by atoms with E-state index in [2.05, 4.69) is 32.6 Å². The van der Waals surface area contributed by atoms with E-state index in [1.54, 1.807) is 23.9 Å². The topological polar surface area (TPSA) is 46.5 Å². The summed E-state index contributed by atoms with van der Waals surface area (Å²) in [7, 11) is -4.97. The average molecular weight is 451 g/mol. The maximum atomic E-state index is 12.5. The quantitative estimate of drug-likeness (QED) is 0.481. The summed E-state index contributed by atoms with van der Waals surface area (Å²) < 4.78 is 41.2. The van der Waals surface area contributed by atoms with Crippen molar-refractivity contribution in [2.24, 2.45) is 0 Å². The summed E-state index contributed by atoms with van der Waals surface area (Å²) in [5, 5.41) is 0.185. The van der Waals surface area contributed by atoms with Gasteiger partial charge in [0.1, 0.15) is 5.75 Å². The zero-order valence-corrected chi connectivity index (χ0v) is 16.7. The van der Waals surface area contributed by atoms with Crippen LogP contribution in [-0.4, -0.2) is 16.8 Å². The monoisotopic (exact) mass is 450 g/mol. The van der Waals surface area contributed by atoms with Crippen LogP contribution in [0.2, 0.25) is 0 Å². The van der Waals surface area contributed by atoms with Gasteiger partial charge in [-0.1, -0.05) is 36.4 Å². The van der Waals surface area contributed by atoms with Crippen molar-refractivity contribution in [3.63, 3.8) is 0 Å². The van der Waals surface area contributed by atoms with E-state index in [-0.39, 0.29) is 11.0 Å². The molecule has 2 aromatic carbocycles. The van der Waals surface area contributed by atoms with Gasteiger partial charge in [0.2, 0.25) is 0 Å². The Labute approximate surface area is 158 Å². The van der Waals surface area contributed by atoms with Gasteiger partial charge in [-0.15, -0.1) is 0 Å². The van der Waals surface area contributed by atoms with Gasteiger partial charge >= 0.3 is 13.8 Å². The highest BCUT2D eigenvalue weighted by atomic mass is 79.9. The molecule has 136 valence electrons. The van der Waals surface area contributed by atoms with Gasteiger partial charge < -0.3 is 9.42 Å². The van der Waals surface area contributed by atoms with Crippen LogP contribution in [0.1, 0.15) is 23.3 Å². The predicted molar refractivity (Wildman–Crippen MR) is 102 cm³/mol. The van der Waals surface area contributed by atoms with Gasteiger partial charge in [0.25, 0.3) is 0 Å². The second-order valence-corrected chi connectivity index (χ2v) is 9.38. The van der Waals surface area contributed by atoms with Gasteiger partial charge in [-0.25, -0.2) is 4.57 Å².